The lowest BCUT2D eigenvalue weighted by Gasteiger charge is -2.20. The van der Waals surface area contributed by atoms with E-state index in [2.05, 4.69) is 15.6 Å². The normalized spacial score (nSPS) is 13.5. The molecule has 0 unspecified atom stereocenters. The summed E-state index contributed by atoms with van der Waals surface area (Å²) in [5, 5.41) is 14.5. The molecule has 1 aliphatic carbocycles. The largest absolute Gasteiger partial charge is 0.480 e. The Labute approximate surface area is 302 Å². The molecule has 4 aromatic rings. The summed E-state index contributed by atoms with van der Waals surface area (Å²) in [5.74, 6) is -5.55. The van der Waals surface area contributed by atoms with E-state index in [4.69, 9.17) is 0 Å². The standard InChI is InChI=1S/C36H38F2N6O8S/c1-36(2,3)34(49)40-21-11-13-22(14-12-21)53(51,52)42-28-18-25(37)24(17-26(28)38)31(45)41-27(33(47)48)15-9-20-10-16-30(39-19-20)44-32(46)23-7-5-6-8-29(23)43(4)35(44)50/h10-14,16-19,27,42H,5-9,15H2,1-4H3,(H,40,49)(H,41,45)(H,47,48)/t27-/m0/s1. The fourth-order valence-corrected chi connectivity index (χ4v) is 6.78. The number of sulfonamides is 1. The number of pyridine rings is 1. The van der Waals surface area contributed by atoms with E-state index in [-0.39, 0.29) is 29.5 Å². The van der Waals surface area contributed by atoms with E-state index in [9.17, 15) is 37.5 Å². The summed E-state index contributed by atoms with van der Waals surface area (Å²) in [5.41, 5.74) is -1.22. The number of halogens is 2. The maximum atomic E-state index is 15.1. The number of nitrogens with zero attached hydrogens (tertiary/aromatic N) is 3. The van der Waals surface area contributed by atoms with Gasteiger partial charge in [0, 0.05) is 41.7 Å². The van der Waals surface area contributed by atoms with Gasteiger partial charge in [0.2, 0.25) is 5.91 Å². The Morgan fingerprint density at radius 2 is 1.66 bits per heavy atom. The van der Waals surface area contributed by atoms with Crippen molar-refractivity contribution in [3.8, 4) is 5.82 Å². The van der Waals surface area contributed by atoms with Crippen LogP contribution >= 0.6 is 0 Å². The van der Waals surface area contributed by atoms with Crippen molar-refractivity contribution in [1.82, 2.24) is 19.4 Å². The molecule has 0 fully saturated rings. The molecular weight excluding hydrogens is 714 g/mol. The number of aliphatic carboxylic acids is 1. The summed E-state index contributed by atoms with van der Waals surface area (Å²) in [6.45, 7) is 5.10. The summed E-state index contributed by atoms with van der Waals surface area (Å²) < 4.78 is 60.3. The molecule has 2 aromatic heterocycles. The van der Waals surface area contributed by atoms with Crippen LogP contribution in [0.4, 0.5) is 20.2 Å². The highest BCUT2D eigenvalue weighted by Gasteiger charge is 2.26. The molecule has 0 aliphatic heterocycles. The Morgan fingerprint density at radius 3 is 2.28 bits per heavy atom. The number of aryl methyl sites for hydroxylation is 1. The van der Waals surface area contributed by atoms with Crippen LogP contribution in [0, 0.1) is 17.0 Å². The predicted molar refractivity (Wildman–Crippen MR) is 191 cm³/mol. The number of benzene rings is 2. The second-order valence-electron chi connectivity index (χ2n) is 13.7. The Kier molecular flexibility index (Phi) is 11.0. The number of hydrogen-bond acceptors (Lipinski definition) is 8. The first-order chi connectivity index (χ1) is 24.9. The van der Waals surface area contributed by atoms with E-state index < -0.39 is 67.5 Å². The van der Waals surface area contributed by atoms with E-state index in [1.165, 1.54) is 29.0 Å². The molecule has 1 aliphatic rings. The average Bonchev–Trinajstić information content (AvgIpc) is 3.10. The van der Waals surface area contributed by atoms with Gasteiger partial charge in [-0.1, -0.05) is 26.8 Å². The molecule has 0 saturated carbocycles. The number of amides is 2. The molecule has 14 nitrogen and oxygen atoms in total. The van der Waals surface area contributed by atoms with Gasteiger partial charge >= 0.3 is 11.7 Å². The van der Waals surface area contributed by atoms with Gasteiger partial charge in [-0.2, -0.15) is 0 Å². The van der Waals surface area contributed by atoms with Crippen molar-refractivity contribution in [2.75, 3.05) is 10.0 Å². The van der Waals surface area contributed by atoms with Crippen LogP contribution in [0.2, 0.25) is 0 Å². The fourth-order valence-electron chi connectivity index (χ4n) is 5.72. The average molecular weight is 753 g/mol. The molecule has 1 atom stereocenters. The van der Waals surface area contributed by atoms with Gasteiger partial charge in [-0.25, -0.2) is 36.3 Å². The molecule has 2 aromatic carbocycles. The molecule has 53 heavy (non-hydrogen) atoms. The zero-order valence-electron chi connectivity index (χ0n) is 29.3. The van der Waals surface area contributed by atoms with Crippen LogP contribution < -0.4 is 26.6 Å². The Morgan fingerprint density at radius 1 is 0.981 bits per heavy atom. The van der Waals surface area contributed by atoms with Gasteiger partial charge in [-0.3, -0.25) is 23.7 Å². The predicted octanol–water partition coefficient (Wildman–Crippen LogP) is 3.69. The van der Waals surface area contributed by atoms with E-state index in [1.54, 1.807) is 33.9 Å². The van der Waals surface area contributed by atoms with E-state index in [1.807, 2.05) is 4.72 Å². The van der Waals surface area contributed by atoms with Gasteiger partial charge in [0.05, 0.1) is 16.1 Å². The van der Waals surface area contributed by atoms with Crippen molar-refractivity contribution >= 4 is 39.2 Å². The molecule has 280 valence electrons. The second-order valence-corrected chi connectivity index (χ2v) is 15.4. The van der Waals surface area contributed by atoms with Crippen molar-refractivity contribution in [3.63, 3.8) is 0 Å². The van der Waals surface area contributed by atoms with Gasteiger partial charge in [0.1, 0.15) is 23.5 Å². The number of hydrogen-bond donors (Lipinski definition) is 4. The lowest BCUT2D eigenvalue weighted by atomic mass is 9.95. The summed E-state index contributed by atoms with van der Waals surface area (Å²) >= 11 is 0. The van der Waals surface area contributed by atoms with E-state index >= 15 is 8.78 Å². The smallest absolute Gasteiger partial charge is 0.336 e. The maximum Gasteiger partial charge on any atom is 0.336 e. The summed E-state index contributed by atoms with van der Waals surface area (Å²) in [4.78, 5) is 67.2. The summed E-state index contributed by atoms with van der Waals surface area (Å²) in [6, 6.07) is 7.35. The highest BCUT2D eigenvalue weighted by Crippen LogP contribution is 2.25. The van der Waals surface area contributed by atoms with Crippen LogP contribution in [0.3, 0.4) is 0 Å². The van der Waals surface area contributed by atoms with Gasteiger partial charge in [-0.05, 0) is 80.5 Å². The van der Waals surface area contributed by atoms with Crippen LogP contribution in [-0.2, 0) is 45.9 Å². The Balaban J connectivity index is 1.24. The third-order valence-corrected chi connectivity index (χ3v) is 10.2. The maximum absolute atomic E-state index is 15.1. The SMILES string of the molecule is Cn1c2c(c(=O)n(-c3ccc(CC[C@H](NC(=O)c4cc(F)c(NS(=O)(=O)c5ccc(NC(=O)C(C)(C)C)cc5)cc4F)C(=O)O)cn3)c1=O)CCCC2. The monoisotopic (exact) mass is 752 g/mol. The van der Waals surface area contributed by atoms with Gasteiger partial charge in [0.15, 0.2) is 0 Å². The van der Waals surface area contributed by atoms with Gasteiger partial charge in [0.25, 0.3) is 21.5 Å². The van der Waals surface area contributed by atoms with Crippen molar-refractivity contribution in [2.45, 2.75) is 70.2 Å². The van der Waals surface area contributed by atoms with E-state index in [0.29, 0.717) is 47.5 Å². The summed E-state index contributed by atoms with van der Waals surface area (Å²) in [6.07, 6.45) is 4.15. The van der Waals surface area contributed by atoms with Crippen molar-refractivity contribution in [3.05, 3.63) is 110 Å². The molecule has 4 N–H and O–H groups in total. The zero-order valence-corrected chi connectivity index (χ0v) is 30.1. The summed E-state index contributed by atoms with van der Waals surface area (Å²) in [7, 11) is -2.83. The zero-order chi connectivity index (χ0) is 38.8. The number of carboxylic acids is 1. The number of rotatable bonds is 11. The van der Waals surface area contributed by atoms with Crippen LogP contribution in [0.1, 0.15) is 67.2 Å². The fraction of sp³-hybridized carbons (Fsp3) is 0.333. The number of anilines is 2. The number of nitrogens with one attached hydrogen (secondary N) is 3. The van der Waals surface area contributed by atoms with Crippen LogP contribution in [-0.4, -0.2) is 51.5 Å². The first kappa shape index (κ1) is 38.5. The lowest BCUT2D eigenvalue weighted by molar-refractivity contribution is -0.139. The Bertz CT molecular complexity index is 2320. The molecule has 5 rings (SSSR count). The molecule has 0 spiro atoms. The third-order valence-electron chi connectivity index (χ3n) is 8.80. The van der Waals surface area contributed by atoms with E-state index in [0.717, 1.165) is 29.5 Å². The van der Waals surface area contributed by atoms with Crippen LogP contribution in [0.5, 0.6) is 0 Å². The van der Waals surface area contributed by atoms with Crippen molar-refractivity contribution in [1.29, 1.82) is 0 Å². The van der Waals surface area contributed by atoms with Crippen molar-refractivity contribution < 1.29 is 36.7 Å². The molecule has 2 heterocycles. The number of fused-ring (bicyclic) bond motifs is 1. The number of carbonyl (C=O) groups excluding carboxylic acids is 2. The molecule has 17 heteroatoms. The minimum absolute atomic E-state index is 0.0587. The Hall–Kier alpha value is -5.71. The highest BCUT2D eigenvalue weighted by molar-refractivity contribution is 7.92. The molecule has 0 saturated heterocycles. The van der Waals surface area contributed by atoms with Crippen LogP contribution in [0.25, 0.3) is 5.82 Å². The molecule has 0 radical (unpaired) electrons. The first-order valence-corrected chi connectivity index (χ1v) is 18.1. The topological polar surface area (TPSA) is 199 Å². The molecule has 2 amide bonds. The van der Waals surface area contributed by atoms with Crippen LogP contribution in [0.15, 0.2) is 69.2 Å². The second kappa shape index (κ2) is 15.1. The van der Waals surface area contributed by atoms with Gasteiger partial charge < -0.3 is 15.7 Å². The molecule has 0 bridgehead atoms. The van der Waals surface area contributed by atoms with Gasteiger partial charge in [-0.15, -0.1) is 0 Å². The lowest BCUT2D eigenvalue weighted by Crippen LogP contribution is -2.43. The number of aromatic nitrogens is 3. The quantitative estimate of drug-likeness (QED) is 0.177. The number of carboxylic acid groups (broad SMARTS) is 1. The van der Waals surface area contributed by atoms with Crippen molar-refractivity contribution in [2.24, 2.45) is 12.5 Å². The highest BCUT2D eigenvalue weighted by atomic mass is 32.2. The molecular formula is C36H38F2N6O8S. The first-order valence-electron chi connectivity index (χ1n) is 16.6. The number of carbonyl (C=O) groups is 3. The minimum Gasteiger partial charge on any atom is -0.480 e. The third kappa shape index (κ3) is 8.51. The minimum atomic E-state index is -4.44.